The summed E-state index contributed by atoms with van der Waals surface area (Å²) in [5.74, 6) is -0.842. The van der Waals surface area contributed by atoms with Gasteiger partial charge in [-0.3, -0.25) is 29.2 Å². The topological polar surface area (TPSA) is 124 Å². The van der Waals surface area contributed by atoms with E-state index >= 15 is 0 Å². The van der Waals surface area contributed by atoms with E-state index in [1.54, 1.807) is 0 Å². The van der Waals surface area contributed by atoms with Crippen LogP contribution in [-0.2, 0) is 15.6 Å². The van der Waals surface area contributed by atoms with E-state index in [9.17, 15) is 29.2 Å². The summed E-state index contributed by atoms with van der Waals surface area (Å²) in [6, 6.07) is 0. The first-order valence-electron chi connectivity index (χ1n) is 4.16. The van der Waals surface area contributed by atoms with Gasteiger partial charge < -0.3 is 4.90 Å². The fourth-order valence-electron chi connectivity index (χ4n) is 1.30. The summed E-state index contributed by atoms with van der Waals surface area (Å²) in [5, 5.41) is 21.0. The first-order valence-corrected chi connectivity index (χ1v) is 5.89. The minimum atomic E-state index is -2.29. The quantitative estimate of drug-likeness (QED) is 0.338. The molecule has 1 aliphatic heterocycles. The lowest BCUT2D eigenvalue weighted by Crippen LogP contribution is -2.71. The minimum Gasteiger partial charge on any atom is -0.313 e. The molecule has 0 aromatic carbocycles. The Morgan fingerprint density at radius 1 is 1.38 bits per heavy atom. The molecule has 1 atom stereocenters. The normalized spacial score (nSPS) is 19.7. The number of nitro groups is 2. The lowest BCUT2D eigenvalue weighted by molar-refractivity contribution is -0.809. The van der Waals surface area contributed by atoms with Gasteiger partial charge in [0.05, 0.1) is 0 Å². The second-order valence-corrected chi connectivity index (χ2v) is 4.90. The molecular weight excluding hydrogens is 242 g/mol. The van der Waals surface area contributed by atoms with Crippen molar-refractivity contribution in [3.8, 4) is 0 Å². The SMILES string of the molecule is CS(=O)CC(=O)N1CC([N+](=O)[O-])([N+](=O)[O-])C1. The average Bonchev–Trinajstić information content (AvgIpc) is 1.97. The minimum absolute atomic E-state index is 0.272. The molecule has 0 saturated carbocycles. The van der Waals surface area contributed by atoms with E-state index < -0.39 is 45.3 Å². The van der Waals surface area contributed by atoms with Gasteiger partial charge in [0.25, 0.3) is 0 Å². The molecule has 0 aromatic heterocycles. The van der Waals surface area contributed by atoms with E-state index in [-0.39, 0.29) is 5.75 Å². The summed E-state index contributed by atoms with van der Waals surface area (Å²) in [6.45, 7) is -1.13. The zero-order valence-electron chi connectivity index (χ0n) is 8.32. The number of hydrogen-bond acceptors (Lipinski definition) is 6. The van der Waals surface area contributed by atoms with Gasteiger partial charge in [-0.15, -0.1) is 0 Å². The van der Waals surface area contributed by atoms with Crippen molar-refractivity contribution < 1.29 is 18.9 Å². The van der Waals surface area contributed by atoms with Gasteiger partial charge in [0.1, 0.15) is 15.6 Å². The first-order chi connectivity index (χ1) is 7.29. The second kappa shape index (κ2) is 4.12. The summed E-state index contributed by atoms with van der Waals surface area (Å²) >= 11 is 0. The molecule has 9 nitrogen and oxygen atoms in total. The third-order valence-electron chi connectivity index (χ3n) is 2.25. The molecule has 0 bridgehead atoms. The predicted molar refractivity (Wildman–Crippen MR) is 52.2 cm³/mol. The predicted octanol–water partition coefficient (Wildman–Crippen LogP) is -1.54. The monoisotopic (exact) mass is 251 g/mol. The maximum atomic E-state index is 11.3. The summed E-state index contributed by atoms with van der Waals surface area (Å²) in [4.78, 5) is 31.2. The van der Waals surface area contributed by atoms with E-state index in [4.69, 9.17) is 0 Å². The van der Waals surface area contributed by atoms with Gasteiger partial charge in [-0.2, -0.15) is 0 Å². The summed E-state index contributed by atoms with van der Waals surface area (Å²) < 4.78 is 10.7. The molecule has 90 valence electrons. The van der Waals surface area contributed by atoms with Crippen molar-refractivity contribution >= 4 is 16.7 Å². The first kappa shape index (κ1) is 12.5. The van der Waals surface area contributed by atoms with Crippen molar-refractivity contribution in [2.24, 2.45) is 0 Å². The molecule has 10 heteroatoms. The van der Waals surface area contributed by atoms with Gasteiger partial charge in [-0.1, -0.05) is 0 Å². The van der Waals surface area contributed by atoms with Gasteiger partial charge in [-0.25, -0.2) is 0 Å². The van der Waals surface area contributed by atoms with Gasteiger partial charge in [-0.05, 0) is 0 Å². The number of nitrogens with zero attached hydrogens (tertiary/aromatic N) is 3. The Morgan fingerprint density at radius 3 is 2.12 bits per heavy atom. The summed E-state index contributed by atoms with van der Waals surface area (Å²) in [6.07, 6.45) is 1.31. The van der Waals surface area contributed by atoms with Crippen LogP contribution in [-0.4, -0.2) is 55.6 Å². The maximum absolute atomic E-state index is 11.3. The molecule has 0 radical (unpaired) electrons. The molecular formula is C6H9N3O6S. The van der Waals surface area contributed by atoms with Gasteiger partial charge in [0.2, 0.25) is 5.91 Å². The van der Waals surface area contributed by atoms with Crippen molar-refractivity contribution in [1.82, 2.24) is 4.90 Å². The zero-order chi connectivity index (χ0) is 12.5. The number of rotatable bonds is 4. The molecule has 1 heterocycles. The number of hydrogen-bond donors (Lipinski definition) is 0. The van der Waals surface area contributed by atoms with Crippen LogP contribution in [0.3, 0.4) is 0 Å². The smallest absolute Gasteiger partial charge is 0.313 e. The lowest BCUT2D eigenvalue weighted by Gasteiger charge is -2.35. The van der Waals surface area contributed by atoms with Crippen LogP contribution in [0.5, 0.6) is 0 Å². The standard InChI is InChI=1S/C6H9N3O6S/c1-16(15)2-5(10)7-3-6(4-7,8(11)12)9(13)14/h2-4H2,1H3. The number of carbonyl (C=O) groups excluding carboxylic acids is 1. The van der Waals surface area contributed by atoms with Crippen molar-refractivity contribution in [1.29, 1.82) is 0 Å². The Balaban J connectivity index is 2.65. The van der Waals surface area contributed by atoms with E-state index in [0.717, 1.165) is 4.90 Å². The molecule has 16 heavy (non-hydrogen) atoms. The molecule has 1 fully saturated rings. The van der Waals surface area contributed by atoms with Crippen LogP contribution in [0.1, 0.15) is 0 Å². The molecule has 0 aliphatic carbocycles. The fraction of sp³-hybridized carbons (Fsp3) is 0.833. The lowest BCUT2D eigenvalue weighted by atomic mass is 10.0. The van der Waals surface area contributed by atoms with Crippen LogP contribution in [0.4, 0.5) is 0 Å². The molecule has 1 aliphatic rings. The fourth-order valence-corrected chi connectivity index (χ4v) is 1.83. The van der Waals surface area contributed by atoms with E-state index in [1.165, 1.54) is 6.26 Å². The van der Waals surface area contributed by atoms with Crippen LogP contribution in [0.25, 0.3) is 0 Å². The van der Waals surface area contributed by atoms with Gasteiger partial charge in [0, 0.05) is 17.1 Å². The highest BCUT2D eigenvalue weighted by Gasteiger charge is 2.67. The Morgan fingerprint density at radius 2 is 1.81 bits per heavy atom. The molecule has 0 N–H and O–H groups in total. The van der Waals surface area contributed by atoms with Crippen molar-refractivity contribution in [3.05, 3.63) is 20.2 Å². The van der Waals surface area contributed by atoms with Crippen LogP contribution < -0.4 is 0 Å². The second-order valence-electron chi connectivity index (χ2n) is 3.46. The van der Waals surface area contributed by atoms with Crippen molar-refractivity contribution in [3.63, 3.8) is 0 Å². The Labute approximate surface area is 92.2 Å². The van der Waals surface area contributed by atoms with Crippen molar-refractivity contribution in [2.45, 2.75) is 5.66 Å². The third kappa shape index (κ3) is 2.01. The highest BCUT2D eigenvalue weighted by atomic mass is 32.2. The average molecular weight is 251 g/mol. The number of amides is 1. The maximum Gasteiger partial charge on any atom is 0.492 e. The largest absolute Gasteiger partial charge is 0.492 e. The summed E-state index contributed by atoms with van der Waals surface area (Å²) in [5.41, 5.74) is -2.29. The van der Waals surface area contributed by atoms with Gasteiger partial charge in [0.15, 0.2) is 13.1 Å². The van der Waals surface area contributed by atoms with E-state index in [2.05, 4.69) is 0 Å². The Hall–Kier alpha value is -1.58. The zero-order valence-corrected chi connectivity index (χ0v) is 9.14. The highest BCUT2D eigenvalue weighted by Crippen LogP contribution is 2.25. The van der Waals surface area contributed by atoms with Crippen molar-refractivity contribution in [2.75, 3.05) is 25.1 Å². The molecule has 1 amide bonds. The van der Waals surface area contributed by atoms with Crippen LogP contribution in [0.2, 0.25) is 0 Å². The molecule has 1 unspecified atom stereocenters. The van der Waals surface area contributed by atoms with E-state index in [0.29, 0.717) is 0 Å². The number of carbonyl (C=O) groups is 1. The Kier molecular flexibility index (Phi) is 3.21. The molecule has 0 aromatic rings. The molecule has 1 saturated heterocycles. The molecule has 1 rings (SSSR count). The Bertz CT molecular complexity index is 360. The third-order valence-corrected chi connectivity index (χ3v) is 2.90. The van der Waals surface area contributed by atoms with E-state index in [1.807, 2.05) is 0 Å². The molecule has 0 spiro atoms. The van der Waals surface area contributed by atoms with Crippen LogP contribution >= 0.6 is 0 Å². The van der Waals surface area contributed by atoms with Crippen LogP contribution in [0.15, 0.2) is 0 Å². The van der Waals surface area contributed by atoms with Gasteiger partial charge >= 0.3 is 5.66 Å². The summed E-state index contributed by atoms with van der Waals surface area (Å²) in [7, 11) is -1.36. The van der Waals surface area contributed by atoms with Crippen LogP contribution in [0, 0.1) is 20.2 Å². The highest BCUT2D eigenvalue weighted by molar-refractivity contribution is 7.85. The number of likely N-dealkylation sites (tertiary alicyclic amines) is 1.